The van der Waals surface area contributed by atoms with Crippen LogP contribution >= 0.6 is 31.9 Å². The van der Waals surface area contributed by atoms with Crippen molar-refractivity contribution >= 4 is 31.9 Å². The second-order valence-corrected chi connectivity index (χ2v) is 5.36. The minimum absolute atomic E-state index is 0.817. The summed E-state index contributed by atoms with van der Waals surface area (Å²) in [6, 6.07) is 2.03. The third kappa shape index (κ3) is 1.94. The summed E-state index contributed by atoms with van der Waals surface area (Å²) in [6.07, 6.45) is 1.84. The zero-order valence-corrected chi connectivity index (χ0v) is 12.4. The van der Waals surface area contributed by atoms with Crippen LogP contribution in [0.2, 0.25) is 0 Å². The van der Waals surface area contributed by atoms with Gasteiger partial charge in [0.05, 0.1) is 20.3 Å². The van der Waals surface area contributed by atoms with Gasteiger partial charge in [0.2, 0.25) is 0 Å². The first-order valence-corrected chi connectivity index (χ1v) is 6.43. The van der Waals surface area contributed by atoms with E-state index in [-0.39, 0.29) is 0 Å². The molecule has 16 heavy (non-hydrogen) atoms. The smallest absolute Gasteiger partial charge is 0.167 e. The maximum absolute atomic E-state index is 4.45. The van der Waals surface area contributed by atoms with E-state index < -0.39 is 0 Å². The highest BCUT2D eigenvalue weighted by Crippen LogP contribution is 2.26. The number of rotatable bonds is 1. The number of aromatic nitrogens is 3. The Balaban J connectivity index is 2.63. The molecule has 0 saturated carbocycles. The first-order chi connectivity index (χ1) is 7.50. The van der Waals surface area contributed by atoms with E-state index >= 15 is 0 Å². The van der Waals surface area contributed by atoms with E-state index in [9.17, 15) is 0 Å². The Morgan fingerprint density at radius 1 is 1.19 bits per heavy atom. The van der Waals surface area contributed by atoms with Crippen molar-refractivity contribution in [1.82, 2.24) is 14.8 Å². The lowest BCUT2D eigenvalue weighted by Crippen LogP contribution is -2.03. The molecular formula is C11H11Br2N3. The van der Waals surface area contributed by atoms with Crippen LogP contribution in [0.3, 0.4) is 0 Å². The summed E-state index contributed by atoms with van der Waals surface area (Å²) in [5, 5.41) is 4.45. The summed E-state index contributed by atoms with van der Waals surface area (Å²) in [5.41, 5.74) is 3.14. The second kappa shape index (κ2) is 4.30. The van der Waals surface area contributed by atoms with Gasteiger partial charge in [0.15, 0.2) is 5.82 Å². The molecule has 2 heterocycles. The Labute approximate surface area is 111 Å². The molecule has 0 atom stereocenters. The van der Waals surface area contributed by atoms with Gasteiger partial charge in [0.25, 0.3) is 0 Å². The second-order valence-electron chi connectivity index (χ2n) is 3.71. The molecule has 0 aliphatic rings. The standard InChI is InChI=1S/C11H11Br2N3/c1-6-4-9(12)11(14-5-6)16-8(3)10(13)7(2)15-16/h4-5H,1-3H3. The summed E-state index contributed by atoms with van der Waals surface area (Å²) < 4.78 is 3.82. The number of hydrogen-bond acceptors (Lipinski definition) is 2. The van der Waals surface area contributed by atoms with E-state index in [2.05, 4.69) is 41.9 Å². The lowest BCUT2D eigenvalue weighted by Gasteiger charge is -2.06. The first kappa shape index (κ1) is 11.8. The van der Waals surface area contributed by atoms with Crippen molar-refractivity contribution in [2.24, 2.45) is 0 Å². The summed E-state index contributed by atoms with van der Waals surface area (Å²) >= 11 is 7.02. The van der Waals surface area contributed by atoms with Crippen molar-refractivity contribution in [3.05, 3.63) is 38.2 Å². The Kier molecular flexibility index (Phi) is 3.17. The number of nitrogens with zero attached hydrogens (tertiary/aromatic N) is 3. The molecule has 84 valence electrons. The van der Waals surface area contributed by atoms with Crippen LogP contribution in [0.1, 0.15) is 17.0 Å². The van der Waals surface area contributed by atoms with Crippen molar-refractivity contribution in [3.63, 3.8) is 0 Å². The van der Waals surface area contributed by atoms with Gasteiger partial charge in [-0.3, -0.25) is 0 Å². The lowest BCUT2D eigenvalue weighted by molar-refractivity contribution is 0.800. The number of aryl methyl sites for hydroxylation is 2. The van der Waals surface area contributed by atoms with Gasteiger partial charge < -0.3 is 0 Å². The fourth-order valence-corrected chi connectivity index (χ4v) is 2.39. The van der Waals surface area contributed by atoms with E-state index in [0.29, 0.717) is 0 Å². The molecule has 0 spiro atoms. The predicted molar refractivity (Wildman–Crippen MR) is 71.0 cm³/mol. The molecule has 0 aromatic carbocycles. The Hall–Kier alpha value is -0.680. The van der Waals surface area contributed by atoms with Gasteiger partial charge in [-0.25, -0.2) is 9.67 Å². The molecule has 2 rings (SSSR count). The summed E-state index contributed by atoms with van der Waals surface area (Å²) in [7, 11) is 0. The summed E-state index contributed by atoms with van der Waals surface area (Å²) in [4.78, 5) is 4.40. The van der Waals surface area contributed by atoms with Gasteiger partial charge in [-0.2, -0.15) is 5.10 Å². The third-order valence-corrected chi connectivity index (χ3v) is 4.09. The highest BCUT2D eigenvalue weighted by Gasteiger charge is 2.13. The highest BCUT2D eigenvalue weighted by atomic mass is 79.9. The van der Waals surface area contributed by atoms with Crippen LogP contribution < -0.4 is 0 Å². The molecule has 0 aliphatic carbocycles. The maximum Gasteiger partial charge on any atom is 0.167 e. The van der Waals surface area contributed by atoms with Crippen molar-refractivity contribution in [1.29, 1.82) is 0 Å². The average molecular weight is 345 g/mol. The fraction of sp³-hybridized carbons (Fsp3) is 0.273. The quantitative estimate of drug-likeness (QED) is 0.789. The molecule has 0 bridgehead atoms. The minimum atomic E-state index is 0.817. The zero-order chi connectivity index (χ0) is 11.9. The number of halogens is 2. The maximum atomic E-state index is 4.45. The molecule has 5 heteroatoms. The van der Waals surface area contributed by atoms with Crippen molar-refractivity contribution in [2.75, 3.05) is 0 Å². The molecule has 0 radical (unpaired) electrons. The SMILES string of the molecule is Cc1cnc(-n2nc(C)c(Br)c2C)c(Br)c1. The van der Waals surface area contributed by atoms with Crippen LogP contribution in [0.15, 0.2) is 21.2 Å². The molecule has 2 aromatic heterocycles. The van der Waals surface area contributed by atoms with E-state index in [1.54, 1.807) is 0 Å². The minimum Gasteiger partial charge on any atom is -0.236 e. The van der Waals surface area contributed by atoms with Crippen LogP contribution in [0.5, 0.6) is 0 Å². The Morgan fingerprint density at radius 2 is 1.88 bits per heavy atom. The number of hydrogen-bond donors (Lipinski definition) is 0. The van der Waals surface area contributed by atoms with Crippen LogP contribution in [-0.2, 0) is 0 Å². The molecule has 2 aromatic rings. The van der Waals surface area contributed by atoms with E-state index in [1.807, 2.05) is 37.7 Å². The van der Waals surface area contributed by atoms with Crippen LogP contribution in [0.4, 0.5) is 0 Å². The van der Waals surface area contributed by atoms with Gasteiger partial charge in [-0.1, -0.05) is 0 Å². The zero-order valence-electron chi connectivity index (χ0n) is 9.25. The first-order valence-electron chi connectivity index (χ1n) is 4.85. The lowest BCUT2D eigenvalue weighted by atomic mass is 10.3. The normalized spacial score (nSPS) is 10.8. The molecule has 3 nitrogen and oxygen atoms in total. The van der Waals surface area contributed by atoms with Crippen molar-refractivity contribution < 1.29 is 0 Å². The van der Waals surface area contributed by atoms with Gasteiger partial charge in [0, 0.05) is 6.20 Å². The Bertz CT molecular complexity index is 546. The fourth-order valence-electron chi connectivity index (χ4n) is 1.51. The van der Waals surface area contributed by atoms with Crippen molar-refractivity contribution in [2.45, 2.75) is 20.8 Å². The average Bonchev–Trinajstić information content (AvgIpc) is 2.46. The van der Waals surface area contributed by atoms with Gasteiger partial charge in [-0.15, -0.1) is 0 Å². The topological polar surface area (TPSA) is 30.7 Å². The summed E-state index contributed by atoms with van der Waals surface area (Å²) in [5.74, 6) is 0.817. The predicted octanol–water partition coefficient (Wildman–Crippen LogP) is 3.72. The van der Waals surface area contributed by atoms with Gasteiger partial charge >= 0.3 is 0 Å². The van der Waals surface area contributed by atoms with E-state index in [1.165, 1.54) is 0 Å². The van der Waals surface area contributed by atoms with Gasteiger partial charge in [-0.05, 0) is 64.3 Å². The Morgan fingerprint density at radius 3 is 2.38 bits per heavy atom. The monoisotopic (exact) mass is 343 g/mol. The molecule has 0 unspecified atom stereocenters. The van der Waals surface area contributed by atoms with Gasteiger partial charge in [0.1, 0.15) is 0 Å². The van der Waals surface area contributed by atoms with E-state index in [4.69, 9.17) is 0 Å². The van der Waals surface area contributed by atoms with Crippen LogP contribution in [0.25, 0.3) is 5.82 Å². The van der Waals surface area contributed by atoms with Crippen LogP contribution in [-0.4, -0.2) is 14.8 Å². The van der Waals surface area contributed by atoms with E-state index in [0.717, 1.165) is 31.7 Å². The highest BCUT2D eigenvalue weighted by molar-refractivity contribution is 9.11. The molecule has 0 N–H and O–H groups in total. The summed E-state index contributed by atoms with van der Waals surface area (Å²) in [6.45, 7) is 5.99. The number of pyridine rings is 1. The third-order valence-electron chi connectivity index (χ3n) is 2.36. The molecule has 0 saturated heterocycles. The van der Waals surface area contributed by atoms with Crippen molar-refractivity contribution in [3.8, 4) is 5.82 Å². The van der Waals surface area contributed by atoms with Crippen LogP contribution in [0, 0.1) is 20.8 Å². The molecule has 0 fully saturated rings. The largest absolute Gasteiger partial charge is 0.236 e. The molecular weight excluding hydrogens is 334 g/mol. The molecule has 0 aliphatic heterocycles. The molecule has 0 amide bonds.